The van der Waals surface area contributed by atoms with Gasteiger partial charge in [0.05, 0.1) is 18.5 Å². The average molecular weight is 458 g/mol. The highest BCUT2D eigenvalue weighted by Crippen LogP contribution is 2.36. The van der Waals surface area contributed by atoms with E-state index in [-0.39, 0.29) is 0 Å². The molecule has 2 aliphatic heterocycles. The first kappa shape index (κ1) is 20.7. The van der Waals surface area contributed by atoms with Crippen molar-refractivity contribution in [2.45, 2.75) is 19.3 Å². The third kappa shape index (κ3) is 3.85. The molecule has 0 radical (unpaired) electrons. The van der Waals surface area contributed by atoms with Crippen molar-refractivity contribution >= 4 is 22.8 Å². The van der Waals surface area contributed by atoms with Crippen molar-refractivity contribution in [3.05, 3.63) is 55.0 Å². The van der Waals surface area contributed by atoms with Crippen molar-refractivity contribution in [1.29, 1.82) is 0 Å². The lowest BCUT2D eigenvalue weighted by Gasteiger charge is -2.30. The molecule has 4 aromatic rings. The third-order valence-corrected chi connectivity index (χ3v) is 6.35. The fourth-order valence-electron chi connectivity index (χ4n) is 4.65. The Kier molecular flexibility index (Phi) is 5.33. The molecule has 8 nitrogen and oxygen atoms in total. The number of nitrogens with zero attached hydrogens (tertiary/aromatic N) is 4. The predicted octanol–water partition coefficient (Wildman–Crippen LogP) is 4.91. The summed E-state index contributed by atoms with van der Waals surface area (Å²) >= 11 is 0. The molecule has 1 saturated heterocycles. The van der Waals surface area contributed by atoms with E-state index >= 15 is 0 Å². The van der Waals surface area contributed by atoms with Crippen LogP contribution in [0, 0.1) is 0 Å². The second-order valence-electron chi connectivity index (χ2n) is 8.55. The van der Waals surface area contributed by atoms with E-state index in [0.717, 1.165) is 58.6 Å². The number of nitrogens with one attached hydrogen (secondary N) is 1. The van der Waals surface area contributed by atoms with Crippen LogP contribution in [0.15, 0.2) is 55.0 Å². The minimum atomic E-state index is 0.548. The summed E-state index contributed by atoms with van der Waals surface area (Å²) in [4.78, 5) is 11.8. The lowest BCUT2D eigenvalue weighted by atomic mass is 10.1. The van der Waals surface area contributed by atoms with Gasteiger partial charge in [-0.05, 0) is 49.6 Å². The summed E-state index contributed by atoms with van der Waals surface area (Å²) in [6, 6.07) is 12.1. The summed E-state index contributed by atoms with van der Waals surface area (Å²) in [7, 11) is 1.72. The number of methoxy groups -OCH3 is 1. The number of anilines is 3. The molecular formula is C26H27N5O3. The maximum Gasteiger partial charge on any atom is 0.180 e. The maximum atomic E-state index is 5.77. The number of ether oxygens (including phenoxy) is 3. The molecule has 174 valence electrons. The van der Waals surface area contributed by atoms with E-state index in [1.54, 1.807) is 13.3 Å². The van der Waals surface area contributed by atoms with E-state index in [1.807, 2.05) is 41.1 Å². The molecule has 0 spiro atoms. The highest BCUT2D eigenvalue weighted by atomic mass is 16.6. The van der Waals surface area contributed by atoms with Crippen molar-refractivity contribution in [3.63, 3.8) is 0 Å². The summed E-state index contributed by atoms with van der Waals surface area (Å²) in [6.45, 7) is 3.25. The Labute approximate surface area is 198 Å². The quantitative estimate of drug-likeness (QED) is 0.456. The molecule has 0 aliphatic carbocycles. The van der Waals surface area contributed by atoms with Crippen LogP contribution in [-0.2, 0) is 0 Å². The molecule has 2 aromatic carbocycles. The lowest BCUT2D eigenvalue weighted by Crippen LogP contribution is -2.29. The standard InChI is InChI=1S/C26H27N5O3/c1-32-23-16-19(6-7-21(23)30-10-3-2-4-11-30)28-25-26-27-9-12-31(26)17-20(29-25)18-5-8-22-24(15-18)34-14-13-33-22/h5-9,12,15-17H,2-4,10-11,13-14H2,1H3,(H,28,29). The van der Waals surface area contributed by atoms with E-state index < -0.39 is 0 Å². The fraction of sp³-hybridized carbons (Fsp3) is 0.308. The molecule has 0 bridgehead atoms. The smallest absolute Gasteiger partial charge is 0.180 e. The first-order valence-electron chi connectivity index (χ1n) is 11.7. The van der Waals surface area contributed by atoms with Crippen molar-refractivity contribution < 1.29 is 14.2 Å². The highest BCUT2D eigenvalue weighted by molar-refractivity contribution is 5.76. The number of imidazole rings is 1. The SMILES string of the molecule is COc1cc(Nc2nc(-c3ccc4c(c3)OCCO4)cn3ccnc23)ccc1N1CCCCC1. The van der Waals surface area contributed by atoms with Gasteiger partial charge in [-0.1, -0.05) is 0 Å². The number of aromatic nitrogens is 3. The van der Waals surface area contributed by atoms with Gasteiger partial charge in [0.1, 0.15) is 19.0 Å². The first-order chi connectivity index (χ1) is 16.8. The van der Waals surface area contributed by atoms with Gasteiger partial charge in [-0.3, -0.25) is 0 Å². The topological polar surface area (TPSA) is 73.1 Å². The van der Waals surface area contributed by atoms with Gasteiger partial charge in [-0.25, -0.2) is 9.97 Å². The van der Waals surface area contributed by atoms with E-state index in [4.69, 9.17) is 19.2 Å². The van der Waals surface area contributed by atoms with Crippen LogP contribution in [0.5, 0.6) is 17.2 Å². The predicted molar refractivity (Wildman–Crippen MR) is 132 cm³/mol. The molecule has 0 amide bonds. The Morgan fingerprint density at radius 1 is 0.971 bits per heavy atom. The van der Waals surface area contributed by atoms with Gasteiger partial charge in [0, 0.05) is 49.0 Å². The third-order valence-electron chi connectivity index (χ3n) is 6.35. The Hall–Kier alpha value is -3.94. The number of fused-ring (bicyclic) bond motifs is 2. The van der Waals surface area contributed by atoms with Crippen LogP contribution < -0.4 is 24.4 Å². The Balaban J connectivity index is 1.35. The van der Waals surface area contributed by atoms with Crippen molar-refractivity contribution in [3.8, 4) is 28.5 Å². The van der Waals surface area contributed by atoms with Gasteiger partial charge in [-0.2, -0.15) is 0 Å². The number of benzene rings is 2. The van der Waals surface area contributed by atoms with Gasteiger partial charge < -0.3 is 28.8 Å². The molecule has 8 heteroatoms. The summed E-state index contributed by atoms with van der Waals surface area (Å²) in [5.41, 5.74) is 4.54. The van der Waals surface area contributed by atoms with Crippen LogP contribution in [0.3, 0.4) is 0 Å². The average Bonchev–Trinajstić information content (AvgIpc) is 3.38. The molecule has 34 heavy (non-hydrogen) atoms. The lowest BCUT2D eigenvalue weighted by molar-refractivity contribution is 0.171. The minimum absolute atomic E-state index is 0.548. The van der Waals surface area contributed by atoms with Crippen LogP contribution in [0.25, 0.3) is 16.9 Å². The zero-order valence-corrected chi connectivity index (χ0v) is 19.2. The zero-order chi connectivity index (χ0) is 22.9. The maximum absolute atomic E-state index is 5.77. The Morgan fingerprint density at radius 2 is 1.82 bits per heavy atom. The van der Waals surface area contributed by atoms with Crippen LogP contribution in [0.2, 0.25) is 0 Å². The molecule has 0 saturated carbocycles. The van der Waals surface area contributed by atoms with Crippen molar-refractivity contribution in [2.24, 2.45) is 0 Å². The van der Waals surface area contributed by atoms with Gasteiger partial charge in [0.2, 0.25) is 0 Å². The molecule has 4 heterocycles. The Morgan fingerprint density at radius 3 is 2.68 bits per heavy atom. The van der Waals surface area contributed by atoms with E-state index in [9.17, 15) is 0 Å². The number of piperidine rings is 1. The molecule has 1 N–H and O–H groups in total. The largest absolute Gasteiger partial charge is 0.495 e. The number of rotatable bonds is 5. The van der Waals surface area contributed by atoms with Crippen LogP contribution in [0.1, 0.15) is 19.3 Å². The molecule has 0 unspecified atom stereocenters. The molecule has 0 atom stereocenters. The summed E-state index contributed by atoms with van der Waals surface area (Å²) in [5, 5.41) is 3.46. The zero-order valence-electron chi connectivity index (χ0n) is 19.2. The number of hydrogen-bond acceptors (Lipinski definition) is 7. The van der Waals surface area contributed by atoms with Gasteiger partial charge >= 0.3 is 0 Å². The monoisotopic (exact) mass is 457 g/mol. The van der Waals surface area contributed by atoms with E-state index in [2.05, 4.69) is 27.3 Å². The summed E-state index contributed by atoms with van der Waals surface area (Å²) in [5.74, 6) is 3.03. The van der Waals surface area contributed by atoms with Crippen LogP contribution >= 0.6 is 0 Å². The second kappa shape index (κ2) is 8.78. The van der Waals surface area contributed by atoms with Gasteiger partial charge in [-0.15, -0.1) is 0 Å². The molecule has 2 aliphatic rings. The van der Waals surface area contributed by atoms with Crippen LogP contribution in [0.4, 0.5) is 17.2 Å². The van der Waals surface area contributed by atoms with E-state index in [1.165, 1.54) is 19.3 Å². The van der Waals surface area contributed by atoms with E-state index in [0.29, 0.717) is 19.0 Å². The molecular weight excluding hydrogens is 430 g/mol. The summed E-state index contributed by atoms with van der Waals surface area (Å²) in [6.07, 6.45) is 9.40. The van der Waals surface area contributed by atoms with Gasteiger partial charge in [0.25, 0.3) is 0 Å². The summed E-state index contributed by atoms with van der Waals surface area (Å²) < 4.78 is 19.1. The Bertz CT molecular complexity index is 1330. The molecule has 6 rings (SSSR count). The van der Waals surface area contributed by atoms with Gasteiger partial charge in [0.15, 0.2) is 23.0 Å². The van der Waals surface area contributed by atoms with Crippen molar-refractivity contribution in [1.82, 2.24) is 14.4 Å². The fourth-order valence-corrected chi connectivity index (χ4v) is 4.65. The highest BCUT2D eigenvalue weighted by Gasteiger charge is 2.18. The van der Waals surface area contributed by atoms with Crippen LogP contribution in [-0.4, -0.2) is 47.8 Å². The second-order valence-corrected chi connectivity index (χ2v) is 8.55. The first-order valence-corrected chi connectivity index (χ1v) is 11.7. The molecule has 1 fully saturated rings. The van der Waals surface area contributed by atoms with Crippen molar-refractivity contribution in [2.75, 3.05) is 43.6 Å². The molecule has 2 aromatic heterocycles. The number of hydrogen-bond donors (Lipinski definition) is 1. The normalized spacial score (nSPS) is 15.4. The minimum Gasteiger partial charge on any atom is -0.495 e.